The van der Waals surface area contributed by atoms with Crippen molar-refractivity contribution in [2.24, 2.45) is 0 Å². The van der Waals surface area contributed by atoms with E-state index < -0.39 is 10.8 Å². The second kappa shape index (κ2) is 10.1. The summed E-state index contributed by atoms with van der Waals surface area (Å²) in [6, 6.07) is 18.7. The maximum atomic E-state index is 12.2. The van der Waals surface area contributed by atoms with Crippen LogP contribution in [0.25, 0.3) is 0 Å². The van der Waals surface area contributed by atoms with Gasteiger partial charge in [0.05, 0.1) is 17.6 Å². The molecule has 0 aliphatic heterocycles. The van der Waals surface area contributed by atoms with Crippen LogP contribution in [0.4, 0.5) is 11.4 Å². The molecular formula is C23H22N2O6. The Morgan fingerprint density at radius 2 is 1.48 bits per heavy atom. The molecule has 0 atom stereocenters. The van der Waals surface area contributed by atoms with Gasteiger partial charge in [-0.2, -0.15) is 0 Å². The van der Waals surface area contributed by atoms with Gasteiger partial charge in [0.25, 0.3) is 11.6 Å². The number of amides is 1. The zero-order chi connectivity index (χ0) is 22.2. The third kappa shape index (κ3) is 6.20. The van der Waals surface area contributed by atoms with Crippen LogP contribution in [0.2, 0.25) is 0 Å². The summed E-state index contributed by atoms with van der Waals surface area (Å²) in [5, 5.41) is 13.8. The third-order valence-electron chi connectivity index (χ3n) is 4.20. The van der Waals surface area contributed by atoms with Gasteiger partial charge in [-0.15, -0.1) is 0 Å². The molecule has 0 spiro atoms. The van der Waals surface area contributed by atoms with Crippen LogP contribution in [0.15, 0.2) is 66.7 Å². The number of carbonyl (C=O) groups is 1. The maximum Gasteiger partial charge on any atom is 0.296 e. The van der Waals surface area contributed by atoms with Crippen LogP contribution in [0.1, 0.15) is 12.5 Å². The highest BCUT2D eigenvalue weighted by molar-refractivity contribution is 5.94. The van der Waals surface area contributed by atoms with Gasteiger partial charge in [0, 0.05) is 0 Å². The predicted molar refractivity (Wildman–Crippen MR) is 116 cm³/mol. The molecule has 0 radical (unpaired) electrons. The maximum absolute atomic E-state index is 12.2. The van der Waals surface area contributed by atoms with Crippen molar-refractivity contribution in [2.45, 2.75) is 13.8 Å². The van der Waals surface area contributed by atoms with E-state index in [9.17, 15) is 14.9 Å². The van der Waals surface area contributed by atoms with Gasteiger partial charge in [0.15, 0.2) is 6.61 Å². The van der Waals surface area contributed by atoms with Crippen LogP contribution in [-0.4, -0.2) is 24.0 Å². The number of benzene rings is 3. The number of nitro groups is 1. The molecule has 0 aliphatic rings. The van der Waals surface area contributed by atoms with E-state index in [2.05, 4.69) is 5.32 Å². The number of aryl methyl sites for hydroxylation is 1. The van der Waals surface area contributed by atoms with Crippen molar-refractivity contribution in [3.8, 4) is 23.0 Å². The summed E-state index contributed by atoms with van der Waals surface area (Å²) in [5.41, 5.74) is 0.964. The molecule has 0 saturated carbocycles. The van der Waals surface area contributed by atoms with E-state index in [1.54, 1.807) is 37.3 Å². The monoisotopic (exact) mass is 422 g/mol. The van der Waals surface area contributed by atoms with E-state index in [-0.39, 0.29) is 18.0 Å². The van der Waals surface area contributed by atoms with Crippen LogP contribution < -0.4 is 19.5 Å². The molecule has 8 heteroatoms. The molecule has 0 unspecified atom stereocenters. The van der Waals surface area contributed by atoms with Crippen molar-refractivity contribution in [1.82, 2.24) is 0 Å². The number of carbonyl (C=O) groups excluding carboxylic acids is 1. The Balaban J connectivity index is 1.56. The first-order valence-electron chi connectivity index (χ1n) is 9.63. The van der Waals surface area contributed by atoms with Gasteiger partial charge in [-0.25, -0.2) is 0 Å². The minimum absolute atomic E-state index is 0.0731. The number of nitrogens with one attached hydrogen (secondary N) is 1. The zero-order valence-electron chi connectivity index (χ0n) is 17.2. The van der Waals surface area contributed by atoms with Gasteiger partial charge < -0.3 is 19.5 Å². The van der Waals surface area contributed by atoms with Gasteiger partial charge in [-0.05, 0) is 62.4 Å². The topological polar surface area (TPSA) is 99.9 Å². The van der Waals surface area contributed by atoms with Crippen LogP contribution in [-0.2, 0) is 4.79 Å². The third-order valence-corrected chi connectivity index (χ3v) is 4.20. The van der Waals surface area contributed by atoms with Gasteiger partial charge in [0.2, 0.25) is 0 Å². The first kappa shape index (κ1) is 21.6. The minimum atomic E-state index is -0.578. The van der Waals surface area contributed by atoms with Crippen molar-refractivity contribution in [3.63, 3.8) is 0 Å². The van der Waals surface area contributed by atoms with Gasteiger partial charge in [-0.3, -0.25) is 14.9 Å². The van der Waals surface area contributed by atoms with Crippen LogP contribution in [0.3, 0.4) is 0 Å². The fraction of sp³-hybridized carbons (Fsp3) is 0.174. The lowest BCUT2D eigenvalue weighted by molar-refractivity contribution is -0.384. The van der Waals surface area contributed by atoms with Crippen molar-refractivity contribution >= 4 is 17.3 Å². The average molecular weight is 422 g/mol. The summed E-state index contributed by atoms with van der Waals surface area (Å²) in [6.45, 7) is 3.86. The molecule has 31 heavy (non-hydrogen) atoms. The number of hydrogen-bond acceptors (Lipinski definition) is 6. The van der Waals surface area contributed by atoms with Crippen molar-refractivity contribution in [2.75, 3.05) is 18.5 Å². The molecular weight excluding hydrogens is 400 g/mol. The Labute approximate surface area is 179 Å². The number of anilines is 1. The summed E-state index contributed by atoms with van der Waals surface area (Å²) in [6.07, 6.45) is 0. The predicted octanol–water partition coefficient (Wildman–Crippen LogP) is 5.11. The fourth-order valence-corrected chi connectivity index (χ4v) is 2.71. The van der Waals surface area contributed by atoms with Crippen LogP contribution in [0.5, 0.6) is 23.0 Å². The fourth-order valence-electron chi connectivity index (χ4n) is 2.71. The molecule has 1 amide bonds. The Hall–Kier alpha value is -4.07. The lowest BCUT2D eigenvalue weighted by atomic mass is 10.2. The van der Waals surface area contributed by atoms with Crippen molar-refractivity contribution < 1.29 is 23.9 Å². The number of nitrogens with zero attached hydrogens (tertiary/aromatic N) is 1. The molecule has 8 nitrogen and oxygen atoms in total. The molecule has 0 bridgehead atoms. The van der Waals surface area contributed by atoms with Gasteiger partial charge >= 0.3 is 0 Å². The molecule has 0 fully saturated rings. The first-order chi connectivity index (χ1) is 14.9. The smallest absolute Gasteiger partial charge is 0.296 e. The molecule has 160 valence electrons. The number of hydrogen-bond donors (Lipinski definition) is 1. The van der Waals surface area contributed by atoms with E-state index in [1.807, 2.05) is 31.2 Å². The van der Waals surface area contributed by atoms with E-state index in [4.69, 9.17) is 14.2 Å². The highest BCUT2D eigenvalue weighted by Crippen LogP contribution is 2.29. The molecule has 0 saturated heterocycles. The standard InChI is InChI=1S/C23H22N2O6/c1-3-29-20-12-13-21(22(14-20)25(27)28)24-23(26)15-30-17-8-10-19(11-9-17)31-18-6-4-16(2)5-7-18/h4-14H,3,15H2,1-2H3,(H,24,26). The van der Waals surface area contributed by atoms with E-state index >= 15 is 0 Å². The summed E-state index contributed by atoms with van der Waals surface area (Å²) in [5.74, 6) is 1.65. The Bertz CT molecular complexity index is 1050. The first-order valence-corrected chi connectivity index (χ1v) is 9.63. The molecule has 0 aliphatic carbocycles. The molecule has 3 aromatic carbocycles. The lowest BCUT2D eigenvalue weighted by Crippen LogP contribution is -2.20. The molecule has 3 aromatic rings. The summed E-state index contributed by atoms with van der Waals surface area (Å²) in [4.78, 5) is 22.9. The molecule has 0 heterocycles. The number of nitro benzene ring substituents is 1. The summed E-state index contributed by atoms with van der Waals surface area (Å²) < 4.78 is 16.5. The van der Waals surface area contributed by atoms with Crippen molar-refractivity contribution in [3.05, 3.63) is 82.4 Å². The number of rotatable bonds is 9. The highest BCUT2D eigenvalue weighted by Gasteiger charge is 2.17. The Kier molecular flexibility index (Phi) is 7.05. The Morgan fingerprint density at radius 3 is 2.10 bits per heavy atom. The second-order valence-electron chi connectivity index (χ2n) is 6.59. The lowest BCUT2D eigenvalue weighted by Gasteiger charge is -2.10. The SMILES string of the molecule is CCOc1ccc(NC(=O)COc2ccc(Oc3ccc(C)cc3)cc2)c([N+](=O)[O-])c1. The normalized spacial score (nSPS) is 10.3. The highest BCUT2D eigenvalue weighted by atomic mass is 16.6. The van der Waals surface area contributed by atoms with Gasteiger partial charge in [-0.1, -0.05) is 17.7 Å². The van der Waals surface area contributed by atoms with E-state index in [0.29, 0.717) is 23.9 Å². The second-order valence-corrected chi connectivity index (χ2v) is 6.59. The van der Waals surface area contributed by atoms with Crippen molar-refractivity contribution in [1.29, 1.82) is 0 Å². The summed E-state index contributed by atoms with van der Waals surface area (Å²) in [7, 11) is 0. The van der Waals surface area contributed by atoms with Crippen LogP contribution >= 0.6 is 0 Å². The van der Waals surface area contributed by atoms with E-state index in [1.165, 1.54) is 12.1 Å². The van der Waals surface area contributed by atoms with E-state index in [0.717, 1.165) is 11.3 Å². The Morgan fingerprint density at radius 1 is 0.903 bits per heavy atom. The average Bonchev–Trinajstić information content (AvgIpc) is 2.76. The quantitative estimate of drug-likeness (QED) is 0.380. The zero-order valence-corrected chi connectivity index (χ0v) is 17.2. The minimum Gasteiger partial charge on any atom is -0.494 e. The number of ether oxygens (including phenoxy) is 3. The molecule has 0 aromatic heterocycles. The summed E-state index contributed by atoms with van der Waals surface area (Å²) >= 11 is 0. The van der Waals surface area contributed by atoms with Crippen LogP contribution in [0, 0.1) is 17.0 Å². The largest absolute Gasteiger partial charge is 0.494 e. The molecule has 1 N–H and O–H groups in total. The molecule has 3 rings (SSSR count). The van der Waals surface area contributed by atoms with Gasteiger partial charge in [0.1, 0.15) is 28.7 Å².